The number of rotatable bonds is 7. The highest BCUT2D eigenvalue weighted by Crippen LogP contribution is 2.38. The van der Waals surface area contributed by atoms with E-state index in [1.807, 2.05) is 24.1 Å². The lowest BCUT2D eigenvalue weighted by atomic mass is 10.0. The highest BCUT2D eigenvalue weighted by molar-refractivity contribution is 7.85. The molecule has 0 aromatic carbocycles. The second-order valence-electron chi connectivity index (χ2n) is 9.97. The summed E-state index contributed by atoms with van der Waals surface area (Å²) in [5, 5.41) is 4.88. The number of carbonyl (C=O) groups excluding carboxylic acids is 2. The number of amides is 2. The standard InChI is InChI=1S/C18H19F5N4O2S2.C7H11NO.C2H6/c1-9-14(30-17(26-9)16(28)27-10-2-4-31(29)5-3-10)12-7-24-13(6-11(12)15(19)20)25-8-18(21,22)23;9-5-8-6-1-2-7(8)4-3-6;1-2/h6-7,10,15H,2-5,8H2,1H3,(H,24,25)(H,27,28);5-7H,1-4H2;1-2H3. The van der Waals surface area contributed by atoms with Crippen LogP contribution in [0.15, 0.2) is 12.3 Å². The third-order valence-electron chi connectivity index (χ3n) is 7.23. The number of nitrogens with one attached hydrogen (secondary N) is 2. The second-order valence-corrected chi connectivity index (χ2v) is 12.7. The number of thiazole rings is 1. The maximum Gasteiger partial charge on any atom is 0.405 e. The Labute approximate surface area is 248 Å². The summed E-state index contributed by atoms with van der Waals surface area (Å²) in [4.78, 5) is 33.2. The van der Waals surface area contributed by atoms with Crippen LogP contribution in [0.4, 0.5) is 27.8 Å². The SMILES string of the molecule is CC.Cc1nc(C(=O)NC2CCS(=O)CC2)sc1-c1cnc(NCC(F)(F)F)cc1C(F)F.O=CN1C2CCC1CC2. The molecular formula is C27H36F5N5O3S2. The largest absolute Gasteiger partial charge is 0.405 e. The molecule has 5 heterocycles. The first-order chi connectivity index (χ1) is 19.9. The van der Waals surface area contributed by atoms with Crippen LogP contribution < -0.4 is 10.6 Å². The van der Waals surface area contributed by atoms with Crippen LogP contribution in [-0.4, -0.2) is 73.7 Å². The van der Waals surface area contributed by atoms with Crippen LogP contribution in [-0.2, 0) is 15.6 Å². The molecule has 2 bridgehead atoms. The van der Waals surface area contributed by atoms with Gasteiger partial charge in [0.1, 0.15) is 12.4 Å². The molecule has 8 nitrogen and oxygen atoms in total. The highest BCUT2D eigenvalue weighted by Gasteiger charge is 2.38. The van der Waals surface area contributed by atoms with Crippen molar-refractivity contribution in [2.45, 2.75) is 90.0 Å². The van der Waals surface area contributed by atoms with Crippen molar-refractivity contribution in [3.8, 4) is 10.4 Å². The molecule has 3 aliphatic rings. The Balaban J connectivity index is 0.000000366. The zero-order chi connectivity index (χ0) is 31.0. The van der Waals surface area contributed by atoms with Gasteiger partial charge in [0.25, 0.3) is 12.3 Å². The van der Waals surface area contributed by atoms with E-state index in [0.29, 0.717) is 47.0 Å². The lowest BCUT2D eigenvalue weighted by Crippen LogP contribution is -2.39. The molecule has 234 valence electrons. The Morgan fingerprint density at radius 3 is 2.24 bits per heavy atom. The molecule has 2 amide bonds. The van der Waals surface area contributed by atoms with Gasteiger partial charge in [-0.25, -0.2) is 18.7 Å². The maximum atomic E-state index is 13.6. The smallest absolute Gasteiger partial charge is 0.361 e. The molecule has 42 heavy (non-hydrogen) atoms. The van der Waals surface area contributed by atoms with Gasteiger partial charge in [0.05, 0.1) is 10.6 Å². The number of nitrogens with zero attached hydrogens (tertiary/aromatic N) is 3. The fourth-order valence-electron chi connectivity index (χ4n) is 5.18. The number of anilines is 1. The molecule has 0 aliphatic carbocycles. The van der Waals surface area contributed by atoms with Gasteiger partial charge in [0.2, 0.25) is 6.41 Å². The normalized spacial score (nSPS) is 23.0. The van der Waals surface area contributed by atoms with Crippen LogP contribution in [0.3, 0.4) is 0 Å². The first-order valence-corrected chi connectivity index (χ1v) is 16.2. The number of hydrogen-bond donors (Lipinski definition) is 2. The van der Waals surface area contributed by atoms with Gasteiger partial charge in [-0.15, -0.1) is 11.3 Å². The van der Waals surface area contributed by atoms with Crippen LogP contribution in [0.25, 0.3) is 10.4 Å². The first kappa shape index (κ1) is 33.8. The molecule has 0 saturated carbocycles. The summed E-state index contributed by atoms with van der Waals surface area (Å²) in [5.74, 6) is 0.231. The van der Waals surface area contributed by atoms with Gasteiger partial charge >= 0.3 is 6.18 Å². The minimum Gasteiger partial charge on any atom is -0.361 e. The quantitative estimate of drug-likeness (QED) is 0.291. The number of aryl methyl sites for hydroxylation is 1. The maximum absolute atomic E-state index is 13.6. The van der Waals surface area contributed by atoms with Crippen molar-refractivity contribution in [1.82, 2.24) is 20.2 Å². The Morgan fingerprint density at radius 2 is 1.74 bits per heavy atom. The van der Waals surface area contributed by atoms with Gasteiger partial charge in [-0.1, -0.05) is 13.8 Å². The number of fused-ring (bicyclic) bond motifs is 2. The van der Waals surface area contributed by atoms with Gasteiger partial charge in [-0.2, -0.15) is 13.2 Å². The molecule has 15 heteroatoms. The fourth-order valence-corrected chi connectivity index (χ4v) is 7.48. The highest BCUT2D eigenvalue weighted by atomic mass is 32.2. The number of aromatic nitrogens is 2. The predicted octanol–water partition coefficient (Wildman–Crippen LogP) is 5.86. The monoisotopic (exact) mass is 637 g/mol. The average Bonchev–Trinajstić information content (AvgIpc) is 3.68. The Morgan fingerprint density at radius 1 is 1.14 bits per heavy atom. The topological polar surface area (TPSA) is 104 Å². The molecule has 3 fully saturated rings. The zero-order valence-corrected chi connectivity index (χ0v) is 25.3. The lowest BCUT2D eigenvalue weighted by molar-refractivity contribution is -0.119. The summed E-state index contributed by atoms with van der Waals surface area (Å²) in [6, 6.07) is 1.97. The average molecular weight is 638 g/mol. The third-order valence-corrected chi connectivity index (χ3v) is 9.80. The summed E-state index contributed by atoms with van der Waals surface area (Å²) in [5.41, 5.74) is -0.164. The number of alkyl halides is 5. The van der Waals surface area contributed by atoms with Gasteiger partial charge in [-0.05, 0) is 51.5 Å². The molecule has 0 unspecified atom stereocenters. The molecule has 0 atom stereocenters. The van der Waals surface area contributed by atoms with Crippen LogP contribution in [0.5, 0.6) is 0 Å². The van der Waals surface area contributed by atoms with Crippen molar-refractivity contribution in [2.75, 3.05) is 23.4 Å². The summed E-state index contributed by atoms with van der Waals surface area (Å²) in [6.07, 6.45) is 0.776. The van der Waals surface area contributed by atoms with E-state index in [4.69, 9.17) is 0 Å². The van der Waals surface area contributed by atoms with Crippen molar-refractivity contribution in [1.29, 1.82) is 0 Å². The first-order valence-electron chi connectivity index (χ1n) is 13.9. The summed E-state index contributed by atoms with van der Waals surface area (Å²) >= 11 is 0.908. The van der Waals surface area contributed by atoms with Crippen molar-refractivity contribution >= 4 is 40.3 Å². The van der Waals surface area contributed by atoms with E-state index in [-0.39, 0.29) is 22.4 Å². The van der Waals surface area contributed by atoms with E-state index in [0.717, 1.165) is 30.0 Å². The van der Waals surface area contributed by atoms with Crippen molar-refractivity contribution in [2.24, 2.45) is 0 Å². The van der Waals surface area contributed by atoms with Crippen molar-refractivity contribution < 1.29 is 35.8 Å². The molecular weight excluding hydrogens is 601 g/mol. The van der Waals surface area contributed by atoms with E-state index in [1.165, 1.54) is 25.7 Å². The minimum atomic E-state index is -4.52. The molecule has 2 N–H and O–H groups in total. The van der Waals surface area contributed by atoms with E-state index >= 15 is 0 Å². The number of halogens is 5. The summed E-state index contributed by atoms with van der Waals surface area (Å²) in [6.45, 7) is 4.15. The zero-order valence-electron chi connectivity index (χ0n) is 23.7. The van der Waals surface area contributed by atoms with Crippen LogP contribution in [0.1, 0.15) is 79.9 Å². The van der Waals surface area contributed by atoms with Crippen molar-refractivity contribution in [3.05, 3.63) is 28.5 Å². The van der Waals surface area contributed by atoms with Crippen LogP contribution in [0, 0.1) is 6.92 Å². The summed E-state index contributed by atoms with van der Waals surface area (Å²) < 4.78 is 75.7. The molecule has 2 aromatic heterocycles. The molecule has 5 rings (SSSR count). The Bertz CT molecular complexity index is 1210. The Hall–Kier alpha value is -2.68. The Kier molecular flexibility index (Phi) is 12.2. The number of hydrogen-bond acceptors (Lipinski definition) is 7. The molecule has 0 spiro atoms. The molecule has 0 radical (unpaired) electrons. The van der Waals surface area contributed by atoms with E-state index in [2.05, 4.69) is 15.3 Å². The molecule has 2 aromatic rings. The van der Waals surface area contributed by atoms with E-state index < -0.39 is 41.4 Å². The van der Waals surface area contributed by atoms with Crippen LogP contribution in [0.2, 0.25) is 0 Å². The second kappa shape index (κ2) is 15.2. The minimum absolute atomic E-state index is 0.00896. The number of carbonyl (C=O) groups is 2. The third kappa shape index (κ3) is 8.91. The van der Waals surface area contributed by atoms with E-state index in [9.17, 15) is 35.8 Å². The van der Waals surface area contributed by atoms with Crippen molar-refractivity contribution in [3.63, 3.8) is 0 Å². The number of pyridine rings is 1. The molecule has 3 aliphatic heterocycles. The van der Waals surface area contributed by atoms with E-state index in [1.54, 1.807) is 6.92 Å². The predicted molar refractivity (Wildman–Crippen MR) is 153 cm³/mol. The summed E-state index contributed by atoms with van der Waals surface area (Å²) in [7, 11) is -0.870. The van der Waals surface area contributed by atoms with Gasteiger partial charge < -0.3 is 15.5 Å². The fraction of sp³-hybridized carbons (Fsp3) is 0.630. The van der Waals surface area contributed by atoms with Crippen LogP contribution >= 0.6 is 11.3 Å². The van der Waals surface area contributed by atoms with Gasteiger partial charge in [0, 0.05) is 57.8 Å². The lowest BCUT2D eigenvalue weighted by Gasteiger charge is -2.21. The van der Waals surface area contributed by atoms with Gasteiger partial charge in [-0.3, -0.25) is 13.8 Å². The van der Waals surface area contributed by atoms with Gasteiger partial charge in [0.15, 0.2) is 5.01 Å². The molecule has 3 saturated heterocycles.